The second-order valence-corrected chi connectivity index (χ2v) is 5.21. The van der Waals surface area contributed by atoms with Crippen LogP contribution in [0.2, 0.25) is 0 Å². The minimum Gasteiger partial charge on any atom is -0.481 e. The molecular weight excluding hydrogens is 240 g/mol. The minimum atomic E-state index is -1.95. The lowest BCUT2D eigenvalue weighted by Crippen LogP contribution is -2.59. The van der Waals surface area contributed by atoms with E-state index in [1.54, 1.807) is 0 Å². The fourth-order valence-corrected chi connectivity index (χ4v) is 2.77. The van der Waals surface area contributed by atoms with E-state index >= 15 is 0 Å². The van der Waals surface area contributed by atoms with Crippen molar-refractivity contribution in [2.45, 2.75) is 57.2 Å². The van der Waals surface area contributed by atoms with E-state index in [4.69, 9.17) is 5.11 Å². The summed E-state index contributed by atoms with van der Waals surface area (Å²) < 4.78 is 0. The van der Waals surface area contributed by atoms with Crippen LogP contribution >= 0.6 is 0 Å². The van der Waals surface area contributed by atoms with Crippen molar-refractivity contribution < 1.29 is 30.0 Å². The summed E-state index contributed by atoms with van der Waals surface area (Å²) in [6, 6.07) is 0. The van der Waals surface area contributed by atoms with Crippen molar-refractivity contribution in [2.75, 3.05) is 0 Å². The van der Waals surface area contributed by atoms with Gasteiger partial charge in [0.05, 0.1) is 17.9 Å². The molecule has 1 aliphatic rings. The molecule has 18 heavy (non-hydrogen) atoms. The molecule has 0 aromatic heterocycles. The molecule has 1 fully saturated rings. The van der Waals surface area contributed by atoms with Gasteiger partial charge >= 0.3 is 11.9 Å². The van der Waals surface area contributed by atoms with E-state index < -0.39 is 35.5 Å². The first-order valence-electron chi connectivity index (χ1n) is 6.09. The first kappa shape index (κ1) is 14.9. The molecule has 2 atom stereocenters. The van der Waals surface area contributed by atoms with Crippen LogP contribution in [0.4, 0.5) is 0 Å². The van der Waals surface area contributed by atoms with Gasteiger partial charge in [-0.05, 0) is 19.8 Å². The fraction of sp³-hybridized carbons (Fsp3) is 0.833. The third-order valence-electron chi connectivity index (χ3n) is 4.10. The molecule has 0 bridgehead atoms. The van der Waals surface area contributed by atoms with Crippen LogP contribution in [-0.2, 0) is 9.59 Å². The van der Waals surface area contributed by atoms with Gasteiger partial charge in [0.2, 0.25) is 0 Å². The van der Waals surface area contributed by atoms with Gasteiger partial charge in [-0.25, -0.2) is 0 Å². The Morgan fingerprint density at radius 3 is 2.11 bits per heavy atom. The summed E-state index contributed by atoms with van der Waals surface area (Å²) in [6.07, 6.45) is 0.453. The number of aliphatic carboxylic acids is 2. The number of rotatable bonds is 5. The largest absolute Gasteiger partial charge is 0.481 e. The summed E-state index contributed by atoms with van der Waals surface area (Å²) in [7, 11) is 0. The van der Waals surface area contributed by atoms with Gasteiger partial charge in [-0.2, -0.15) is 0 Å². The second-order valence-electron chi connectivity index (χ2n) is 5.21. The van der Waals surface area contributed by atoms with Crippen LogP contribution in [0.1, 0.15) is 45.4 Å². The van der Waals surface area contributed by atoms with Crippen LogP contribution < -0.4 is 0 Å². The summed E-state index contributed by atoms with van der Waals surface area (Å²) in [5, 5.41) is 38.2. The van der Waals surface area contributed by atoms with Crippen LogP contribution in [0.25, 0.3) is 0 Å². The van der Waals surface area contributed by atoms with Gasteiger partial charge in [0.1, 0.15) is 5.60 Å². The highest BCUT2D eigenvalue weighted by atomic mass is 16.4. The van der Waals surface area contributed by atoms with E-state index in [1.807, 2.05) is 0 Å². The fourth-order valence-electron chi connectivity index (χ4n) is 2.77. The van der Waals surface area contributed by atoms with Gasteiger partial charge in [0.25, 0.3) is 0 Å². The molecule has 1 saturated carbocycles. The number of carbonyl (C=O) groups is 2. The quantitative estimate of drug-likeness (QED) is 0.575. The lowest BCUT2D eigenvalue weighted by molar-refractivity contribution is -0.195. The Kier molecular flexibility index (Phi) is 4.34. The average molecular weight is 260 g/mol. The van der Waals surface area contributed by atoms with Crippen LogP contribution in [0, 0.1) is 5.41 Å². The molecule has 6 heteroatoms. The maximum atomic E-state index is 11.5. The van der Waals surface area contributed by atoms with Crippen LogP contribution in [0.15, 0.2) is 0 Å². The van der Waals surface area contributed by atoms with E-state index in [0.29, 0.717) is 12.8 Å². The average Bonchev–Trinajstić information content (AvgIpc) is 2.28. The van der Waals surface area contributed by atoms with Crippen molar-refractivity contribution in [1.82, 2.24) is 0 Å². The molecule has 4 N–H and O–H groups in total. The molecule has 2 unspecified atom stereocenters. The highest BCUT2D eigenvalue weighted by molar-refractivity contribution is 5.77. The SMILES string of the molecule is CC(O)(C(O)CC(=O)O)C1(C(=O)O)CCCCC1. The van der Waals surface area contributed by atoms with Crippen LogP contribution in [0.5, 0.6) is 0 Å². The molecule has 0 radical (unpaired) electrons. The van der Waals surface area contributed by atoms with Crippen molar-refractivity contribution in [2.24, 2.45) is 5.41 Å². The van der Waals surface area contributed by atoms with Crippen molar-refractivity contribution in [3.05, 3.63) is 0 Å². The van der Waals surface area contributed by atoms with Gasteiger partial charge in [0, 0.05) is 0 Å². The maximum absolute atomic E-state index is 11.5. The Hall–Kier alpha value is -1.14. The smallest absolute Gasteiger partial charge is 0.312 e. The van der Waals surface area contributed by atoms with E-state index in [9.17, 15) is 24.9 Å². The zero-order valence-electron chi connectivity index (χ0n) is 10.4. The topological polar surface area (TPSA) is 115 Å². The molecule has 0 saturated heterocycles. The minimum absolute atomic E-state index is 0.256. The molecule has 0 aromatic carbocycles. The molecular formula is C12H20O6. The normalized spacial score (nSPS) is 23.9. The van der Waals surface area contributed by atoms with Crippen LogP contribution in [0.3, 0.4) is 0 Å². The number of aliphatic hydroxyl groups excluding tert-OH is 1. The van der Waals surface area contributed by atoms with Crippen LogP contribution in [-0.4, -0.2) is 44.1 Å². The molecule has 1 aliphatic carbocycles. The summed E-state index contributed by atoms with van der Waals surface area (Å²) in [4.78, 5) is 22.1. The van der Waals surface area contributed by atoms with Crippen molar-refractivity contribution in [3.63, 3.8) is 0 Å². The van der Waals surface area contributed by atoms with Crippen molar-refractivity contribution in [3.8, 4) is 0 Å². The van der Waals surface area contributed by atoms with Gasteiger partial charge in [0.15, 0.2) is 0 Å². The molecule has 0 aromatic rings. The highest BCUT2D eigenvalue weighted by Gasteiger charge is 2.57. The Labute approximate surface area is 105 Å². The lowest BCUT2D eigenvalue weighted by Gasteiger charge is -2.46. The first-order chi connectivity index (χ1) is 8.24. The molecule has 0 aliphatic heterocycles. The summed E-state index contributed by atoms with van der Waals surface area (Å²) in [5.41, 5.74) is -3.40. The number of hydrogen-bond acceptors (Lipinski definition) is 4. The Bertz CT molecular complexity index is 329. The number of aliphatic hydroxyl groups is 2. The Balaban J connectivity index is 3.03. The molecule has 0 spiro atoms. The van der Waals surface area contributed by atoms with Gasteiger partial charge in [-0.15, -0.1) is 0 Å². The summed E-state index contributed by atoms with van der Waals surface area (Å²) >= 11 is 0. The zero-order valence-corrected chi connectivity index (χ0v) is 10.4. The number of carboxylic acid groups (broad SMARTS) is 2. The van der Waals surface area contributed by atoms with Crippen molar-refractivity contribution >= 4 is 11.9 Å². The third-order valence-corrected chi connectivity index (χ3v) is 4.10. The highest BCUT2D eigenvalue weighted by Crippen LogP contribution is 2.47. The van der Waals surface area contributed by atoms with Gasteiger partial charge in [-0.3, -0.25) is 9.59 Å². The summed E-state index contributed by atoms with van der Waals surface area (Å²) in [5.74, 6) is -2.43. The van der Waals surface area contributed by atoms with E-state index in [0.717, 1.165) is 6.42 Å². The Morgan fingerprint density at radius 1 is 1.22 bits per heavy atom. The van der Waals surface area contributed by atoms with E-state index in [2.05, 4.69) is 0 Å². The zero-order chi connectivity index (χ0) is 14.0. The third kappa shape index (κ3) is 2.49. The molecule has 6 nitrogen and oxygen atoms in total. The standard InChI is InChI=1S/C12H20O6/c1-11(18,8(13)7-9(14)15)12(10(16)17)5-3-2-4-6-12/h8,13,18H,2-7H2,1H3,(H,14,15)(H,16,17). The summed E-state index contributed by atoms with van der Waals surface area (Å²) in [6.45, 7) is 1.22. The predicted octanol–water partition coefficient (Wildman–Crippen LogP) is 0.608. The van der Waals surface area contributed by atoms with Gasteiger partial charge < -0.3 is 20.4 Å². The first-order valence-corrected chi connectivity index (χ1v) is 6.09. The lowest BCUT2D eigenvalue weighted by atomic mass is 9.61. The van der Waals surface area contributed by atoms with E-state index in [1.165, 1.54) is 6.92 Å². The van der Waals surface area contributed by atoms with E-state index in [-0.39, 0.29) is 12.8 Å². The molecule has 1 rings (SSSR count). The number of carboxylic acids is 2. The maximum Gasteiger partial charge on any atom is 0.312 e. The van der Waals surface area contributed by atoms with Gasteiger partial charge in [-0.1, -0.05) is 19.3 Å². The molecule has 0 amide bonds. The molecule has 104 valence electrons. The monoisotopic (exact) mass is 260 g/mol. The number of hydrogen-bond donors (Lipinski definition) is 4. The predicted molar refractivity (Wildman–Crippen MR) is 62.0 cm³/mol. The second kappa shape index (κ2) is 5.24. The Morgan fingerprint density at radius 2 is 1.72 bits per heavy atom. The molecule has 0 heterocycles. The van der Waals surface area contributed by atoms with Crippen molar-refractivity contribution in [1.29, 1.82) is 0 Å².